The summed E-state index contributed by atoms with van der Waals surface area (Å²) in [7, 11) is 0. The molecule has 118 valence electrons. The van der Waals surface area contributed by atoms with Gasteiger partial charge in [0.1, 0.15) is 6.61 Å². The molecule has 0 aliphatic carbocycles. The Balaban J connectivity index is 2.03. The van der Waals surface area contributed by atoms with E-state index in [1.807, 2.05) is 0 Å². The van der Waals surface area contributed by atoms with Crippen molar-refractivity contribution in [2.45, 2.75) is 19.7 Å². The summed E-state index contributed by atoms with van der Waals surface area (Å²) < 4.78 is 46.2. The summed E-state index contributed by atoms with van der Waals surface area (Å²) in [4.78, 5) is 14.4. The molecule has 6 nitrogen and oxygen atoms in total. The summed E-state index contributed by atoms with van der Waals surface area (Å²) in [5, 5.41) is 5.75. The van der Waals surface area contributed by atoms with Crippen molar-refractivity contribution < 1.29 is 27.2 Å². The van der Waals surface area contributed by atoms with Gasteiger partial charge in [0.05, 0.1) is 0 Å². The molecule has 0 bridgehead atoms. The number of halogens is 3. The number of benzene rings is 1. The van der Waals surface area contributed by atoms with Crippen LogP contribution >= 0.6 is 0 Å². The molecule has 0 aliphatic heterocycles. The Hall–Kier alpha value is -2.58. The van der Waals surface area contributed by atoms with E-state index in [1.54, 1.807) is 19.1 Å². The van der Waals surface area contributed by atoms with Crippen LogP contribution in [0, 0.1) is 0 Å². The molecule has 1 amide bonds. The average Bonchev–Trinajstić information content (AvgIpc) is 2.96. The van der Waals surface area contributed by atoms with Crippen molar-refractivity contribution in [2.75, 3.05) is 6.54 Å². The second-order valence-corrected chi connectivity index (χ2v) is 4.22. The normalized spacial score (nSPS) is 11.3. The number of alkyl halides is 3. The highest BCUT2D eigenvalue weighted by atomic mass is 19.4. The molecule has 0 radical (unpaired) electrons. The Labute approximate surface area is 123 Å². The van der Waals surface area contributed by atoms with E-state index in [1.165, 1.54) is 12.1 Å². The van der Waals surface area contributed by atoms with E-state index < -0.39 is 18.2 Å². The highest BCUT2D eigenvalue weighted by molar-refractivity contribution is 5.67. The van der Waals surface area contributed by atoms with Crippen LogP contribution in [0.3, 0.4) is 0 Å². The molecule has 0 spiro atoms. The molecule has 0 unspecified atom stereocenters. The summed E-state index contributed by atoms with van der Waals surface area (Å²) in [6, 6.07) is 6.22. The lowest BCUT2D eigenvalue weighted by Gasteiger charge is -2.05. The van der Waals surface area contributed by atoms with Crippen molar-refractivity contribution in [3.05, 3.63) is 35.7 Å². The number of rotatable bonds is 4. The minimum absolute atomic E-state index is 0.0478. The van der Waals surface area contributed by atoms with Crippen LogP contribution in [0.4, 0.5) is 18.0 Å². The molecule has 9 heteroatoms. The van der Waals surface area contributed by atoms with Crippen LogP contribution in [-0.2, 0) is 17.5 Å². The van der Waals surface area contributed by atoms with Gasteiger partial charge in [0.25, 0.3) is 0 Å². The predicted molar refractivity (Wildman–Crippen MR) is 68.6 cm³/mol. The van der Waals surface area contributed by atoms with Crippen LogP contribution in [-0.4, -0.2) is 22.8 Å². The number of nitrogens with one attached hydrogen (secondary N) is 1. The average molecular weight is 315 g/mol. The Morgan fingerprint density at radius 2 is 2.00 bits per heavy atom. The lowest BCUT2D eigenvalue weighted by Crippen LogP contribution is -2.23. The summed E-state index contributed by atoms with van der Waals surface area (Å²) >= 11 is 0. The zero-order valence-electron chi connectivity index (χ0n) is 11.5. The Bertz CT molecular complexity index is 638. The molecule has 1 N–H and O–H groups in total. The van der Waals surface area contributed by atoms with Gasteiger partial charge in [-0.25, -0.2) is 4.79 Å². The van der Waals surface area contributed by atoms with Gasteiger partial charge in [0.2, 0.25) is 5.82 Å². The number of nitrogens with zero attached hydrogens (tertiary/aromatic N) is 2. The molecule has 0 saturated carbocycles. The Morgan fingerprint density at radius 1 is 1.32 bits per heavy atom. The van der Waals surface area contributed by atoms with E-state index >= 15 is 0 Å². The maximum Gasteiger partial charge on any atom is 0.471 e. The lowest BCUT2D eigenvalue weighted by molar-refractivity contribution is -0.159. The maximum absolute atomic E-state index is 12.4. The van der Waals surface area contributed by atoms with Crippen molar-refractivity contribution in [3.8, 4) is 11.4 Å². The fourth-order valence-electron chi connectivity index (χ4n) is 1.55. The standard InChI is InChI=1S/C13H12F3N3O3/c1-2-17-12(20)21-7-8-3-5-9(6-4-8)10-18-11(22-19-10)13(14,15)16/h3-6H,2,7H2,1H3,(H,17,20). The molecule has 1 aromatic heterocycles. The zero-order chi connectivity index (χ0) is 16.2. The minimum atomic E-state index is -4.67. The van der Waals surface area contributed by atoms with Gasteiger partial charge >= 0.3 is 18.2 Å². The number of carbonyl (C=O) groups excluding carboxylic acids is 1. The first-order chi connectivity index (χ1) is 10.4. The van der Waals surface area contributed by atoms with Crippen LogP contribution in [0.5, 0.6) is 0 Å². The first-order valence-electron chi connectivity index (χ1n) is 6.31. The molecule has 1 aromatic carbocycles. The third-order valence-corrected chi connectivity index (χ3v) is 2.57. The minimum Gasteiger partial charge on any atom is -0.445 e. The van der Waals surface area contributed by atoms with E-state index in [-0.39, 0.29) is 12.4 Å². The molecular formula is C13H12F3N3O3. The van der Waals surface area contributed by atoms with Crippen molar-refractivity contribution >= 4 is 6.09 Å². The third-order valence-electron chi connectivity index (χ3n) is 2.57. The van der Waals surface area contributed by atoms with Gasteiger partial charge in [-0.15, -0.1) is 0 Å². The predicted octanol–water partition coefficient (Wildman–Crippen LogP) is 3.00. The van der Waals surface area contributed by atoms with Gasteiger partial charge in [-0.2, -0.15) is 18.2 Å². The number of ether oxygens (including phenoxy) is 1. The molecule has 0 saturated heterocycles. The fourth-order valence-corrected chi connectivity index (χ4v) is 1.55. The van der Waals surface area contributed by atoms with E-state index in [0.29, 0.717) is 17.7 Å². The fraction of sp³-hybridized carbons (Fsp3) is 0.308. The molecule has 0 aliphatic rings. The van der Waals surface area contributed by atoms with Crippen LogP contribution in [0.2, 0.25) is 0 Å². The van der Waals surface area contributed by atoms with Gasteiger partial charge in [0.15, 0.2) is 0 Å². The molecule has 22 heavy (non-hydrogen) atoms. The van der Waals surface area contributed by atoms with Crippen LogP contribution in [0.1, 0.15) is 18.4 Å². The summed E-state index contributed by atoms with van der Waals surface area (Å²) in [5.41, 5.74) is 1.04. The van der Waals surface area contributed by atoms with Gasteiger partial charge in [-0.3, -0.25) is 0 Å². The Morgan fingerprint density at radius 3 is 2.55 bits per heavy atom. The molecule has 2 rings (SSSR count). The van der Waals surface area contributed by atoms with Crippen molar-refractivity contribution in [2.24, 2.45) is 0 Å². The largest absolute Gasteiger partial charge is 0.471 e. The summed E-state index contributed by atoms with van der Waals surface area (Å²) in [6.07, 6.45) is -5.22. The number of hydrogen-bond acceptors (Lipinski definition) is 5. The number of hydrogen-bond donors (Lipinski definition) is 1. The highest BCUT2D eigenvalue weighted by Crippen LogP contribution is 2.29. The molecular weight excluding hydrogens is 303 g/mol. The number of carbonyl (C=O) groups is 1. The second-order valence-electron chi connectivity index (χ2n) is 4.22. The molecule has 0 atom stereocenters. The van der Waals surface area contributed by atoms with Crippen molar-refractivity contribution in [3.63, 3.8) is 0 Å². The quantitative estimate of drug-likeness (QED) is 0.938. The van der Waals surface area contributed by atoms with Crippen LogP contribution in [0.15, 0.2) is 28.8 Å². The smallest absolute Gasteiger partial charge is 0.445 e. The van der Waals surface area contributed by atoms with Crippen molar-refractivity contribution in [1.82, 2.24) is 15.5 Å². The SMILES string of the molecule is CCNC(=O)OCc1ccc(-c2noc(C(F)(F)F)n2)cc1. The van der Waals surface area contributed by atoms with E-state index in [4.69, 9.17) is 4.74 Å². The van der Waals surface area contributed by atoms with Gasteiger partial charge in [-0.05, 0) is 12.5 Å². The third kappa shape index (κ3) is 3.96. The highest BCUT2D eigenvalue weighted by Gasteiger charge is 2.38. The van der Waals surface area contributed by atoms with Crippen LogP contribution < -0.4 is 5.32 Å². The van der Waals surface area contributed by atoms with Gasteiger partial charge < -0.3 is 14.6 Å². The van der Waals surface area contributed by atoms with E-state index in [0.717, 1.165) is 0 Å². The molecule has 0 fully saturated rings. The van der Waals surface area contributed by atoms with E-state index in [9.17, 15) is 18.0 Å². The maximum atomic E-state index is 12.4. The van der Waals surface area contributed by atoms with Gasteiger partial charge in [-0.1, -0.05) is 29.4 Å². The zero-order valence-corrected chi connectivity index (χ0v) is 11.5. The van der Waals surface area contributed by atoms with Crippen LogP contribution in [0.25, 0.3) is 11.4 Å². The number of aromatic nitrogens is 2. The monoisotopic (exact) mass is 315 g/mol. The summed E-state index contributed by atoms with van der Waals surface area (Å²) in [6.45, 7) is 2.26. The summed E-state index contributed by atoms with van der Waals surface area (Å²) in [5.74, 6) is -1.56. The van der Waals surface area contributed by atoms with Crippen molar-refractivity contribution in [1.29, 1.82) is 0 Å². The van der Waals surface area contributed by atoms with E-state index in [2.05, 4.69) is 20.0 Å². The number of amides is 1. The Kier molecular flexibility index (Phi) is 4.64. The first-order valence-corrected chi connectivity index (χ1v) is 6.31. The van der Waals surface area contributed by atoms with Gasteiger partial charge in [0, 0.05) is 12.1 Å². The first kappa shape index (κ1) is 15.8. The topological polar surface area (TPSA) is 77.2 Å². The lowest BCUT2D eigenvalue weighted by atomic mass is 10.1. The second kappa shape index (κ2) is 6.46. The molecule has 1 heterocycles. The molecule has 2 aromatic rings. The number of alkyl carbamates (subject to hydrolysis) is 1.